The Labute approximate surface area is 233 Å². The molecular weight excluding hydrogens is 512 g/mol. The molecule has 0 saturated carbocycles. The van der Waals surface area contributed by atoms with Crippen molar-refractivity contribution >= 4 is 34.5 Å². The number of H-pyrrole nitrogens is 1. The molecule has 3 aromatic rings. The normalized spacial score (nSPS) is 12.1. The van der Waals surface area contributed by atoms with Gasteiger partial charge in [-0.25, -0.2) is 4.79 Å². The van der Waals surface area contributed by atoms with Gasteiger partial charge in [0.25, 0.3) is 11.5 Å². The van der Waals surface area contributed by atoms with Gasteiger partial charge in [0.05, 0.1) is 12.1 Å². The third kappa shape index (κ3) is 8.05. The third-order valence-electron chi connectivity index (χ3n) is 6.11. The minimum Gasteiger partial charge on any atom is -0.436 e. The molecule has 0 aliphatic heterocycles. The number of hydrogen-bond acceptors (Lipinski definition) is 6. The number of nitrogens with one attached hydrogen (secondary N) is 2. The van der Waals surface area contributed by atoms with Gasteiger partial charge >= 0.3 is 6.09 Å². The highest BCUT2D eigenvalue weighted by Crippen LogP contribution is 2.21. The van der Waals surface area contributed by atoms with Crippen LogP contribution in [0.4, 0.5) is 10.5 Å². The van der Waals surface area contributed by atoms with Crippen LogP contribution in [0.5, 0.6) is 0 Å². The van der Waals surface area contributed by atoms with E-state index < -0.39 is 23.7 Å². The van der Waals surface area contributed by atoms with E-state index in [4.69, 9.17) is 4.74 Å². The van der Waals surface area contributed by atoms with Crippen molar-refractivity contribution in [1.29, 1.82) is 0 Å². The number of nitrogens with zero attached hydrogens (tertiary/aromatic N) is 4. The molecule has 0 aromatic carbocycles. The first-order chi connectivity index (χ1) is 19.0. The standard InChI is InChI=1S/C29H38N6O5/c1-19(2)14-20-16-30-17-21-15-22(31-26(20)21)18-35-13-9-10-23(28(35)38)32-27(37)24(40-29(39)34(5)6)11-7-8-12-25(36)33(3)4/h8-10,12-13,15-17,19,24,31H,7,11,14,18H2,1-6H3,(H,32,37)/b12-8+/t24-/m0/s1. The van der Waals surface area contributed by atoms with E-state index in [1.807, 2.05) is 12.3 Å². The van der Waals surface area contributed by atoms with Gasteiger partial charge in [0, 0.05) is 57.9 Å². The van der Waals surface area contributed by atoms with Crippen LogP contribution in [0, 0.1) is 5.92 Å². The van der Waals surface area contributed by atoms with Crippen molar-refractivity contribution in [3.8, 4) is 0 Å². The van der Waals surface area contributed by atoms with Gasteiger partial charge in [-0.3, -0.25) is 19.4 Å². The van der Waals surface area contributed by atoms with Gasteiger partial charge < -0.3 is 29.4 Å². The molecule has 11 nitrogen and oxygen atoms in total. The summed E-state index contributed by atoms with van der Waals surface area (Å²) in [5, 5.41) is 3.59. The molecule has 214 valence electrons. The van der Waals surface area contributed by atoms with Crippen LogP contribution in [0.25, 0.3) is 10.9 Å². The molecule has 0 radical (unpaired) electrons. The first-order valence-corrected chi connectivity index (χ1v) is 13.2. The second-order valence-corrected chi connectivity index (χ2v) is 10.5. The van der Waals surface area contributed by atoms with Crippen LogP contribution in [0.15, 0.2) is 53.7 Å². The lowest BCUT2D eigenvalue weighted by atomic mass is 10.0. The lowest BCUT2D eigenvalue weighted by Crippen LogP contribution is -2.37. The number of anilines is 1. The average Bonchev–Trinajstić information content (AvgIpc) is 3.31. The van der Waals surface area contributed by atoms with Crippen LogP contribution in [0.2, 0.25) is 0 Å². The Morgan fingerprint density at radius 3 is 2.58 bits per heavy atom. The highest BCUT2D eigenvalue weighted by molar-refractivity contribution is 5.95. The maximum absolute atomic E-state index is 13.2. The number of hydrogen-bond donors (Lipinski definition) is 2. The molecule has 3 amide bonds. The van der Waals surface area contributed by atoms with Gasteiger partial charge in [-0.05, 0) is 55.0 Å². The number of rotatable bonds is 11. The smallest absolute Gasteiger partial charge is 0.410 e. The Balaban J connectivity index is 1.77. The molecule has 0 spiro atoms. The lowest BCUT2D eigenvalue weighted by Gasteiger charge is -2.19. The van der Waals surface area contributed by atoms with Crippen LogP contribution in [0.3, 0.4) is 0 Å². The number of likely N-dealkylation sites (N-methyl/N-ethyl adjacent to an activating group) is 1. The van der Waals surface area contributed by atoms with Crippen LogP contribution in [-0.4, -0.2) is 76.5 Å². The molecule has 11 heteroatoms. The molecule has 3 rings (SSSR count). The van der Waals surface area contributed by atoms with Gasteiger partial charge in [-0.1, -0.05) is 19.9 Å². The number of ether oxygens (including phenoxy) is 1. The molecule has 0 aliphatic rings. The van der Waals surface area contributed by atoms with Crippen LogP contribution in [0.1, 0.15) is 37.9 Å². The van der Waals surface area contributed by atoms with Gasteiger partial charge in [0.1, 0.15) is 5.69 Å². The Hall–Kier alpha value is -4.41. The second kappa shape index (κ2) is 13.6. The molecule has 0 bridgehead atoms. The van der Waals surface area contributed by atoms with E-state index in [2.05, 4.69) is 29.1 Å². The maximum Gasteiger partial charge on any atom is 0.410 e. The molecule has 1 atom stereocenters. The summed E-state index contributed by atoms with van der Waals surface area (Å²) in [6.07, 6.45) is 7.78. The van der Waals surface area contributed by atoms with E-state index in [0.717, 1.165) is 28.6 Å². The summed E-state index contributed by atoms with van der Waals surface area (Å²) >= 11 is 0. The SMILES string of the molecule is CC(C)Cc1cncc2cc(Cn3cccc(NC(=O)[C@H](CC/C=C/C(=O)N(C)C)OC(=O)N(C)C)c3=O)[nH]c12. The number of carbonyl (C=O) groups is 3. The van der Waals surface area contributed by atoms with Crippen LogP contribution in [-0.2, 0) is 27.3 Å². The summed E-state index contributed by atoms with van der Waals surface area (Å²) in [5.41, 5.74) is 2.61. The molecule has 3 aromatic heterocycles. The summed E-state index contributed by atoms with van der Waals surface area (Å²) in [4.78, 5) is 60.7. The van der Waals surface area contributed by atoms with E-state index >= 15 is 0 Å². The summed E-state index contributed by atoms with van der Waals surface area (Å²) in [5.74, 6) is -0.356. The number of fused-ring (bicyclic) bond motifs is 1. The number of carbonyl (C=O) groups excluding carboxylic acids is 3. The zero-order valence-corrected chi connectivity index (χ0v) is 23.9. The molecule has 2 N–H and O–H groups in total. The molecular formula is C29H38N6O5. The summed E-state index contributed by atoms with van der Waals surface area (Å²) < 4.78 is 6.86. The average molecular weight is 551 g/mol. The fourth-order valence-electron chi connectivity index (χ4n) is 4.05. The van der Waals surface area contributed by atoms with Crippen molar-refractivity contribution in [2.24, 2.45) is 5.92 Å². The van der Waals surface area contributed by atoms with Crippen molar-refractivity contribution in [1.82, 2.24) is 24.3 Å². The number of pyridine rings is 2. The molecule has 0 aliphatic carbocycles. The highest BCUT2D eigenvalue weighted by Gasteiger charge is 2.24. The zero-order valence-electron chi connectivity index (χ0n) is 23.9. The fourth-order valence-corrected chi connectivity index (χ4v) is 4.05. The minimum atomic E-state index is -1.16. The predicted molar refractivity (Wildman–Crippen MR) is 154 cm³/mol. The van der Waals surface area contributed by atoms with Gasteiger partial charge in [0.15, 0.2) is 6.10 Å². The molecule has 0 fully saturated rings. The lowest BCUT2D eigenvalue weighted by molar-refractivity contribution is -0.125. The van der Waals surface area contributed by atoms with Crippen LogP contribution >= 0.6 is 0 Å². The van der Waals surface area contributed by atoms with Crippen molar-refractivity contribution in [3.63, 3.8) is 0 Å². The zero-order chi connectivity index (χ0) is 29.4. The third-order valence-corrected chi connectivity index (χ3v) is 6.11. The molecule has 0 saturated heterocycles. The number of amides is 3. The Kier molecular flexibility index (Phi) is 10.2. The summed E-state index contributed by atoms with van der Waals surface area (Å²) in [6, 6.07) is 5.14. The molecule has 40 heavy (non-hydrogen) atoms. The largest absolute Gasteiger partial charge is 0.436 e. The van der Waals surface area contributed by atoms with Crippen molar-refractivity contribution in [2.75, 3.05) is 33.5 Å². The van der Waals surface area contributed by atoms with Gasteiger partial charge in [-0.2, -0.15) is 0 Å². The number of allylic oxidation sites excluding steroid dienone is 1. The van der Waals surface area contributed by atoms with E-state index in [0.29, 0.717) is 12.3 Å². The minimum absolute atomic E-state index is 0.0648. The first-order valence-electron chi connectivity index (χ1n) is 13.2. The summed E-state index contributed by atoms with van der Waals surface area (Å²) in [6.45, 7) is 4.57. The number of aromatic amines is 1. The monoisotopic (exact) mass is 550 g/mol. The summed E-state index contributed by atoms with van der Waals surface area (Å²) in [7, 11) is 6.28. The van der Waals surface area contributed by atoms with E-state index in [-0.39, 0.29) is 24.6 Å². The second-order valence-electron chi connectivity index (χ2n) is 10.5. The Morgan fingerprint density at radius 1 is 1.15 bits per heavy atom. The van der Waals surface area contributed by atoms with Crippen molar-refractivity contribution < 1.29 is 19.1 Å². The Bertz CT molecular complexity index is 1440. The van der Waals surface area contributed by atoms with Gasteiger partial charge in [-0.15, -0.1) is 0 Å². The maximum atomic E-state index is 13.2. The Morgan fingerprint density at radius 2 is 1.90 bits per heavy atom. The van der Waals surface area contributed by atoms with E-state index in [1.165, 1.54) is 40.6 Å². The fraction of sp³-hybridized carbons (Fsp3) is 0.414. The quantitative estimate of drug-likeness (QED) is 0.352. The topological polar surface area (TPSA) is 130 Å². The van der Waals surface area contributed by atoms with Crippen molar-refractivity contribution in [2.45, 2.75) is 45.8 Å². The van der Waals surface area contributed by atoms with Crippen LogP contribution < -0.4 is 10.9 Å². The predicted octanol–water partition coefficient (Wildman–Crippen LogP) is 3.40. The van der Waals surface area contributed by atoms with Crippen molar-refractivity contribution in [3.05, 3.63) is 70.6 Å². The first kappa shape index (κ1) is 30.1. The van der Waals surface area contributed by atoms with E-state index in [9.17, 15) is 19.2 Å². The molecule has 3 heterocycles. The molecule has 0 unspecified atom stereocenters. The number of aromatic nitrogens is 3. The van der Waals surface area contributed by atoms with E-state index in [1.54, 1.807) is 38.6 Å². The highest BCUT2D eigenvalue weighted by atomic mass is 16.6. The van der Waals surface area contributed by atoms with Gasteiger partial charge in [0.2, 0.25) is 5.91 Å².